The Morgan fingerprint density at radius 3 is 2.32 bits per heavy atom. The molecule has 8 nitrogen and oxygen atoms in total. The molecule has 1 N–H and O–H groups in total. The van der Waals surface area contributed by atoms with Crippen LogP contribution in [0, 0.1) is 10.1 Å². The maximum atomic E-state index is 12.3. The van der Waals surface area contributed by atoms with Crippen molar-refractivity contribution in [3.8, 4) is 5.75 Å². The average Bonchev–Trinajstić information content (AvgIpc) is 2.67. The zero-order valence-electron chi connectivity index (χ0n) is 15.9. The Labute approximate surface area is 162 Å². The standard InChI is InChI=1S/C20H22N2O6/c1-13(2)28-18-6-4-14(5-7-18)8-9-21-19(23)15-10-16(20(24)27-3)12-17(11-15)22(25)26/h4-7,10-13H,8-9H2,1-3H3,(H,21,23). The Hall–Kier alpha value is -3.42. The number of benzene rings is 2. The molecule has 2 rings (SSSR count). The fraction of sp³-hybridized carbons (Fsp3) is 0.300. The third-order valence-electron chi connectivity index (χ3n) is 3.81. The molecule has 8 heteroatoms. The lowest BCUT2D eigenvalue weighted by atomic mass is 10.1. The predicted molar refractivity (Wildman–Crippen MR) is 103 cm³/mol. The lowest BCUT2D eigenvalue weighted by molar-refractivity contribution is -0.384. The van der Waals surface area contributed by atoms with Gasteiger partial charge in [0.25, 0.3) is 11.6 Å². The first-order valence-electron chi connectivity index (χ1n) is 8.71. The summed E-state index contributed by atoms with van der Waals surface area (Å²) in [6.07, 6.45) is 0.668. The van der Waals surface area contributed by atoms with E-state index in [1.54, 1.807) is 0 Å². The number of nitro groups is 1. The van der Waals surface area contributed by atoms with Gasteiger partial charge in [0.1, 0.15) is 5.75 Å². The molecule has 0 saturated heterocycles. The van der Waals surface area contributed by atoms with E-state index in [-0.39, 0.29) is 22.9 Å². The normalized spacial score (nSPS) is 10.4. The molecule has 0 aliphatic heterocycles. The van der Waals surface area contributed by atoms with Crippen LogP contribution in [0.25, 0.3) is 0 Å². The summed E-state index contributed by atoms with van der Waals surface area (Å²) >= 11 is 0. The minimum absolute atomic E-state index is 0.0234. The molecule has 0 fully saturated rings. The molecule has 2 aromatic rings. The van der Waals surface area contributed by atoms with Gasteiger partial charge in [-0.15, -0.1) is 0 Å². The SMILES string of the molecule is COC(=O)c1cc(C(=O)NCCc2ccc(OC(C)C)cc2)cc([N+](=O)[O-])c1. The molecule has 0 bridgehead atoms. The summed E-state index contributed by atoms with van der Waals surface area (Å²) in [6.45, 7) is 4.23. The van der Waals surface area contributed by atoms with Crippen LogP contribution in [-0.2, 0) is 11.2 Å². The van der Waals surface area contributed by atoms with Gasteiger partial charge in [-0.05, 0) is 44.0 Å². The van der Waals surface area contributed by atoms with Gasteiger partial charge in [-0.2, -0.15) is 0 Å². The fourth-order valence-electron chi connectivity index (χ4n) is 2.51. The van der Waals surface area contributed by atoms with Crippen molar-refractivity contribution in [1.29, 1.82) is 0 Å². The largest absolute Gasteiger partial charge is 0.491 e. The number of nitrogens with zero attached hydrogens (tertiary/aromatic N) is 1. The number of amides is 1. The van der Waals surface area contributed by atoms with Crippen molar-refractivity contribution in [2.45, 2.75) is 26.4 Å². The molecule has 0 aliphatic carbocycles. The Balaban J connectivity index is 2.01. The van der Waals surface area contributed by atoms with Crippen LogP contribution in [0.15, 0.2) is 42.5 Å². The number of nitrogens with one attached hydrogen (secondary N) is 1. The molecular weight excluding hydrogens is 364 g/mol. The zero-order valence-corrected chi connectivity index (χ0v) is 15.9. The predicted octanol–water partition coefficient (Wildman–Crippen LogP) is 3.14. The van der Waals surface area contributed by atoms with Gasteiger partial charge < -0.3 is 14.8 Å². The second-order valence-corrected chi connectivity index (χ2v) is 6.33. The van der Waals surface area contributed by atoms with E-state index < -0.39 is 16.8 Å². The van der Waals surface area contributed by atoms with Crippen molar-refractivity contribution in [3.63, 3.8) is 0 Å². The highest BCUT2D eigenvalue weighted by molar-refractivity contribution is 5.98. The van der Waals surface area contributed by atoms with Gasteiger partial charge >= 0.3 is 5.97 Å². The topological polar surface area (TPSA) is 108 Å². The van der Waals surface area contributed by atoms with E-state index in [2.05, 4.69) is 10.1 Å². The summed E-state index contributed by atoms with van der Waals surface area (Å²) in [5.41, 5.74) is 0.623. The Morgan fingerprint density at radius 2 is 1.75 bits per heavy atom. The number of rotatable bonds is 8. The van der Waals surface area contributed by atoms with Gasteiger partial charge in [-0.3, -0.25) is 14.9 Å². The molecule has 0 radical (unpaired) electrons. The molecule has 0 saturated carbocycles. The molecule has 2 aromatic carbocycles. The molecule has 1 amide bonds. The van der Waals surface area contributed by atoms with E-state index in [0.29, 0.717) is 13.0 Å². The number of carbonyl (C=O) groups is 2. The monoisotopic (exact) mass is 386 g/mol. The maximum Gasteiger partial charge on any atom is 0.338 e. The molecule has 0 unspecified atom stereocenters. The second kappa shape index (κ2) is 9.50. The third-order valence-corrected chi connectivity index (χ3v) is 3.81. The van der Waals surface area contributed by atoms with Gasteiger partial charge in [0.2, 0.25) is 0 Å². The van der Waals surface area contributed by atoms with E-state index in [0.717, 1.165) is 23.4 Å². The van der Waals surface area contributed by atoms with Crippen LogP contribution in [0.5, 0.6) is 5.75 Å². The van der Waals surface area contributed by atoms with Crippen LogP contribution in [0.2, 0.25) is 0 Å². The number of carbonyl (C=O) groups excluding carboxylic acids is 2. The van der Waals surface area contributed by atoms with E-state index in [1.807, 2.05) is 38.1 Å². The number of ether oxygens (including phenoxy) is 2. The fourth-order valence-corrected chi connectivity index (χ4v) is 2.51. The van der Waals surface area contributed by atoms with Crippen molar-refractivity contribution in [1.82, 2.24) is 5.32 Å². The first-order valence-corrected chi connectivity index (χ1v) is 8.71. The second-order valence-electron chi connectivity index (χ2n) is 6.33. The van der Waals surface area contributed by atoms with Crippen LogP contribution in [0.4, 0.5) is 5.69 Å². The van der Waals surface area contributed by atoms with Crippen molar-refractivity contribution in [2.24, 2.45) is 0 Å². The van der Waals surface area contributed by atoms with Gasteiger partial charge in [-0.25, -0.2) is 4.79 Å². The summed E-state index contributed by atoms with van der Waals surface area (Å²) in [4.78, 5) is 34.4. The highest BCUT2D eigenvalue weighted by Crippen LogP contribution is 2.18. The summed E-state index contributed by atoms with van der Waals surface area (Å²) in [6, 6.07) is 11.0. The summed E-state index contributed by atoms with van der Waals surface area (Å²) in [5.74, 6) is -0.482. The minimum Gasteiger partial charge on any atom is -0.491 e. The smallest absolute Gasteiger partial charge is 0.338 e. The van der Waals surface area contributed by atoms with Crippen LogP contribution in [0.1, 0.15) is 40.1 Å². The average molecular weight is 386 g/mol. The van der Waals surface area contributed by atoms with E-state index in [1.165, 1.54) is 13.2 Å². The van der Waals surface area contributed by atoms with Crippen LogP contribution < -0.4 is 10.1 Å². The Morgan fingerprint density at radius 1 is 1.11 bits per heavy atom. The van der Waals surface area contributed by atoms with E-state index in [4.69, 9.17) is 4.74 Å². The van der Waals surface area contributed by atoms with Crippen LogP contribution in [0.3, 0.4) is 0 Å². The molecule has 0 aromatic heterocycles. The number of nitro benzene ring substituents is 1. The zero-order chi connectivity index (χ0) is 20.7. The lowest BCUT2D eigenvalue weighted by Gasteiger charge is -2.10. The number of esters is 1. The van der Waals surface area contributed by atoms with Crippen molar-refractivity contribution < 1.29 is 24.0 Å². The molecule has 28 heavy (non-hydrogen) atoms. The number of non-ortho nitro benzene ring substituents is 1. The lowest BCUT2D eigenvalue weighted by Crippen LogP contribution is -2.26. The summed E-state index contributed by atoms with van der Waals surface area (Å²) in [7, 11) is 1.17. The number of hydrogen-bond acceptors (Lipinski definition) is 6. The molecule has 0 atom stereocenters. The maximum absolute atomic E-state index is 12.3. The quantitative estimate of drug-likeness (QED) is 0.424. The molecule has 0 heterocycles. The van der Waals surface area contributed by atoms with Gasteiger partial charge in [0, 0.05) is 24.2 Å². The highest BCUT2D eigenvalue weighted by atomic mass is 16.6. The van der Waals surface area contributed by atoms with Crippen molar-refractivity contribution in [3.05, 3.63) is 69.3 Å². The minimum atomic E-state index is -0.749. The molecule has 148 valence electrons. The van der Waals surface area contributed by atoms with Gasteiger partial charge in [0.15, 0.2) is 0 Å². The molecular formula is C20H22N2O6. The van der Waals surface area contributed by atoms with Crippen LogP contribution >= 0.6 is 0 Å². The Bertz CT molecular complexity index is 861. The Kier molecular flexibility index (Phi) is 7.08. The van der Waals surface area contributed by atoms with Gasteiger partial charge in [0.05, 0.1) is 23.7 Å². The molecule has 0 spiro atoms. The highest BCUT2D eigenvalue weighted by Gasteiger charge is 2.18. The van der Waals surface area contributed by atoms with Gasteiger partial charge in [-0.1, -0.05) is 12.1 Å². The van der Waals surface area contributed by atoms with E-state index in [9.17, 15) is 19.7 Å². The first-order chi connectivity index (χ1) is 13.3. The van der Waals surface area contributed by atoms with Crippen molar-refractivity contribution in [2.75, 3.05) is 13.7 Å². The van der Waals surface area contributed by atoms with Crippen molar-refractivity contribution >= 4 is 17.6 Å². The summed E-state index contributed by atoms with van der Waals surface area (Å²) < 4.78 is 10.2. The number of methoxy groups -OCH3 is 1. The molecule has 0 aliphatic rings. The number of hydrogen-bond donors (Lipinski definition) is 1. The first kappa shape index (κ1) is 20.9. The van der Waals surface area contributed by atoms with E-state index >= 15 is 0 Å². The van der Waals surface area contributed by atoms with Crippen LogP contribution in [-0.4, -0.2) is 36.6 Å². The summed E-state index contributed by atoms with van der Waals surface area (Å²) in [5, 5.41) is 13.7. The third kappa shape index (κ3) is 5.80.